The molecule has 178 valence electrons. The minimum Gasteiger partial charge on any atom is -0.388 e. The quantitative estimate of drug-likeness (QED) is 0.405. The van der Waals surface area contributed by atoms with E-state index in [2.05, 4.69) is 27.1 Å². The average molecular weight is 469 g/mol. The fraction of sp³-hybridized carbons (Fsp3) is 0.286. The van der Waals surface area contributed by atoms with Crippen molar-refractivity contribution in [1.82, 2.24) is 19.9 Å². The van der Waals surface area contributed by atoms with Crippen molar-refractivity contribution in [2.75, 3.05) is 19.7 Å². The van der Waals surface area contributed by atoms with Gasteiger partial charge in [-0.1, -0.05) is 48.5 Å². The molecule has 0 unspecified atom stereocenters. The molecule has 2 N–H and O–H groups in total. The van der Waals surface area contributed by atoms with E-state index < -0.39 is 12.4 Å². The van der Waals surface area contributed by atoms with Crippen molar-refractivity contribution in [3.05, 3.63) is 95.7 Å². The van der Waals surface area contributed by atoms with Crippen LogP contribution in [0.15, 0.2) is 73.1 Å². The molecule has 7 nitrogen and oxygen atoms in total. The number of hydrogen-bond acceptors (Lipinski definition) is 5. The SMILES string of the molecule is O=C(CO)c1cnc(CC2(c3ccccc3)CCN(C(=O)Cc3cc4ccccc4[nH]3)CC2)nc1. The summed E-state index contributed by atoms with van der Waals surface area (Å²) < 4.78 is 0. The van der Waals surface area contributed by atoms with Crippen LogP contribution in [0.2, 0.25) is 0 Å². The summed E-state index contributed by atoms with van der Waals surface area (Å²) in [5.41, 5.74) is 3.30. The van der Waals surface area contributed by atoms with Gasteiger partial charge < -0.3 is 15.0 Å². The molecule has 0 aliphatic carbocycles. The molecule has 1 amide bonds. The number of aliphatic hydroxyl groups excluding tert-OH is 1. The number of para-hydroxylation sites is 1. The van der Waals surface area contributed by atoms with Gasteiger partial charge >= 0.3 is 0 Å². The van der Waals surface area contributed by atoms with E-state index in [1.807, 2.05) is 53.4 Å². The molecule has 7 heteroatoms. The fourth-order valence-electron chi connectivity index (χ4n) is 5.03. The second-order valence-corrected chi connectivity index (χ2v) is 9.23. The van der Waals surface area contributed by atoms with Crippen molar-refractivity contribution in [3.63, 3.8) is 0 Å². The van der Waals surface area contributed by atoms with Gasteiger partial charge in [-0.3, -0.25) is 9.59 Å². The molecule has 1 aliphatic heterocycles. The third kappa shape index (κ3) is 4.86. The molecule has 3 heterocycles. The normalized spacial score (nSPS) is 15.3. The average Bonchev–Trinajstić information content (AvgIpc) is 3.32. The van der Waals surface area contributed by atoms with Gasteiger partial charge in [-0.05, 0) is 35.9 Å². The first-order valence-corrected chi connectivity index (χ1v) is 11.9. The van der Waals surface area contributed by atoms with Crippen molar-refractivity contribution in [2.45, 2.75) is 31.1 Å². The van der Waals surface area contributed by atoms with Crippen molar-refractivity contribution in [2.24, 2.45) is 0 Å². The van der Waals surface area contributed by atoms with Crippen LogP contribution in [0.25, 0.3) is 10.9 Å². The maximum absolute atomic E-state index is 13.1. The lowest BCUT2D eigenvalue weighted by molar-refractivity contribution is -0.132. The third-order valence-corrected chi connectivity index (χ3v) is 7.05. The predicted molar refractivity (Wildman–Crippen MR) is 133 cm³/mol. The summed E-state index contributed by atoms with van der Waals surface area (Å²) in [5, 5.41) is 10.2. The zero-order valence-corrected chi connectivity index (χ0v) is 19.5. The number of nitrogens with one attached hydrogen (secondary N) is 1. The number of piperidine rings is 1. The Balaban J connectivity index is 1.31. The lowest BCUT2D eigenvalue weighted by atomic mass is 9.70. The Labute approximate surface area is 203 Å². The minimum absolute atomic E-state index is 0.126. The topological polar surface area (TPSA) is 99.2 Å². The highest BCUT2D eigenvalue weighted by molar-refractivity contribution is 5.96. The van der Waals surface area contributed by atoms with Crippen LogP contribution in [-0.2, 0) is 23.1 Å². The van der Waals surface area contributed by atoms with Gasteiger partial charge in [0.1, 0.15) is 12.4 Å². The zero-order valence-electron chi connectivity index (χ0n) is 19.5. The third-order valence-electron chi connectivity index (χ3n) is 7.05. The summed E-state index contributed by atoms with van der Waals surface area (Å²) in [6.07, 6.45) is 5.55. The predicted octanol–water partition coefficient (Wildman–Crippen LogP) is 3.48. The van der Waals surface area contributed by atoms with Crippen molar-refractivity contribution in [3.8, 4) is 0 Å². The summed E-state index contributed by atoms with van der Waals surface area (Å²) in [6, 6.07) is 20.4. The number of aromatic nitrogens is 3. The first-order valence-electron chi connectivity index (χ1n) is 11.9. The number of fused-ring (bicyclic) bond motifs is 1. The van der Waals surface area contributed by atoms with E-state index in [4.69, 9.17) is 5.11 Å². The summed E-state index contributed by atoms with van der Waals surface area (Å²) in [7, 11) is 0. The second-order valence-electron chi connectivity index (χ2n) is 9.23. The molecule has 0 atom stereocenters. The Morgan fingerprint density at radius 1 is 0.971 bits per heavy atom. The first kappa shape index (κ1) is 22.9. The molecule has 0 bridgehead atoms. The van der Waals surface area contributed by atoms with Gasteiger partial charge in [0.05, 0.1) is 12.0 Å². The smallest absolute Gasteiger partial charge is 0.228 e. The standard InChI is InChI=1S/C28H28N4O3/c33-19-25(34)21-17-29-26(30-18-21)16-28(22-7-2-1-3-8-22)10-12-32(13-11-28)27(35)15-23-14-20-6-4-5-9-24(20)31-23/h1-9,14,17-18,31,33H,10-13,15-16,19H2. The van der Waals surface area contributed by atoms with E-state index in [1.54, 1.807) is 0 Å². The highest BCUT2D eigenvalue weighted by Gasteiger charge is 2.38. The van der Waals surface area contributed by atoms with E-state index >= 15 is 0 Å². The van der Waals surface area contributed by atoms with Gasteiger partial charge in [-0.25, -0.2) is 9.97 Å². The van der Waals surface area contributed by atoms with Crippen LogP contribution in [0.1, 0.15) is 40.3 Å². The number of aliphatic hydroxyl groups is 1. The Hall–Kier alpha value is -3.84. The van der Waals surface area contributed by atoms with Crippen LogP contribution in [-0.4, -0.2) is 56.3 Å². The van der Waals surface area contributed by atoms with E-state index in [1.165, 1.54) is 18.0 Å². The van der Waals surface area contributed by atoms with Crippen LogP contribution in [0.3, 0.4) is 0 Å². The number of Topliss-reactive ketones (excluding diaryl/α,β-unsaturated/α-hetero) is 1. The van der Waals surface area contributed by atoms with E-state index in [0.717, 1.165) is 29.4 Å². The molecule has 1 aliphatic rings. The molecule has 35 heavy (non-hydrogen) atoms. The molecule has 0 radical (unpaired) electrons. The maximum Gasteiger partial charge on any atom is 0.228 e. The highest BCUT2D eigenvalue weighted by Crippen LogP contribution is 2.38. The van der Waals surface area contributed by atoms with E-state index in [0.29, 0.717) is 37.3 Å². The molecule has 2 aromatic heterocycles. The molecule has 1 saturated heterocycles. The number of benzene rings is 2. The van der Waals surface area contributed by atoms with Gasteiger partial charge in [0, 0.05) is 48.5 Å². The first-order chi connectivity index (χ1) is 17.1. The van der Waals surface area contributed by atoms with Gasteiger partial charge in [-0.15, -0.1) is 0 Å². The fourth-order valence-corrected chi connectivity index (χ4v) is 5.03. The summed E-state index contributed by atoms with van der Waals surface area (Å²) in [6.45, 7) is 0.767. The van der Waals surface area contributed by atoms with Gasteiger partial charge in [0.2, 0.25) is 5.91 Å². The number of hydrogen-bond donors (Lipinski definition) is 2. The lowest BCUT2D eigenvalue weighted by Gasteiger charge is -2.42. The minimum atomic E-state index is -0.557. The number of ketones is 1. The van der Waals surface area contributed by atoms with Crippen molar-refractivity contribution < 1.29 is 14.7 Å². The van der Waals surface area contributed by atoms with Crippen LogP contribution >= 0.6 is 0 Å². The Morgan fingerprint density at radius 2 is 1.66 bits per heavy atom. The number of amides is 1. The van der Waals surface area contributed by atoms with Crippen LogP contribution in [0.5, 0.6) is 0 Å². The molecule has 4 aromatic rings. The number of carbonyl (C=O) groups is 2. The molecule has 5 rings (SSSR count). The lowest BCUT2D eigenvalue weighted by Crippen LogP contribution is -2.47. The summed E-state index contributed by atoms with van der Waals surface area (Å²) in [4.78, 5) is 39.0. The number of likely N-dealkylation sites (tertiary alicyclic amines) is 1. The largest absolute Gasteiger partial charge is 0.388 e. The Kier molecular flexibility index (Phi) is 6.42. The zero-order chi connectivity index (χ0) is 24.3. The molecule has 0 saturated carbocycles. The van der Waals surface area contributed by atoms with Gasteiger partial charge in [-0.2, -0.15) is 0 Å². The van der Waals surface area contributed by atoms with Crippen molar-refractivity contribution >= 4 is 22.6 Å². The molecular formula is C28H28N4O3. The van der Waals surface area contributed by atoms with Crippen LogP contribution < -0.4 is 0 Å². The molecule has 2 aromatic carbocycles. The Morgan fingerprint density at radius 3 is 2.34 bits per heavy atom. The van der Waals surface area contributed by atoms with E-state index in [9.17, 15) is 9.59 Å². The Bertz CT molecular complexity index is 1290. The van der Waals surface area contributed by atoms with Crippen molar-refractivity contribution in [1.29, 1.82) is 0 Å². The van der Waals surface area contributed by atoms with Gasteiger partial charge in [0.15, 0.2) is 5.78 Å². The second kappa shape index (κ2) is 9.80. The number of carbonyl (C=O) groups excluding carboxylic acids is 2. The van der Waals surface area contributed by atoms with Crippen LogP contribution in [0.4, 0.5) is 0 Å². The summed E-state index contributed by atoms with van der Waals surface area (Å²) in [5.74, 6) is 0.388. The number of rotatable bonds is 7. The van der Waals surface area contributed by atoms with E-state index in [-0.39, 0.29) is 11.3 Å². The molecule has 1 fully saturated rings. The monoisotopic (exact) mass is 468 g/mol. The number of nitrogens with zero attached hydrogens (tertiary/aromatic N) is 3. The van der Waals surface area contributed by atoms with Crippen LogP contribution in [0, 0.1) is 0 Å². The number of H-pyrrole nitrogens is 1. The summed E-state index contributed by atoms with van der Waals surface area (Å²) >= 11 is 0. The highest BCUT2D eigenvalue weighted by atomic mass is 16.3. The molecule has 0 spiro atoms. The maximum atomic E-state index is 13.1. The van der Waals surface area contributed by atoms with Gasteiger partial charge in [0.25, 0.3) is 0 Å². The number of aromatic amines is 1. The molecular weight excluding hydrogens is 440 g/mol.